The van der Waals surface area contributed by atoms with Crippen LogP contribution in [0.25, 0.3) is 11.4 Å². The first kappa shape index (κ1) is 18.6. The monoisotopic (exact) mass is 388 g/mol. The number of methoxy groups -OCH3 is 1. The average molecular weight is 389 g/mol. The number of aromatic nitrogens is 4. The predicted octanol–water partition coefficient (Wildman–Crippen LogP) is 3.61. The lowest BCUT2D eigenvalue weighted by atomic mass is 10.1. The fourth-order valence-corrected chi connectivity index (χ4v) is 3.33. The summed E-state index contributed by atoms with van der Waals surface area (Å²) in [5.74, 6) is 1.01. The van der Waals surface area contributed by atoms with Gasteiger partial charge in [-0.15, -0.1) is 10.2 Å². The third-order valence-electron chi connectivity index (χ3n) is 3.67. The highest BCUT2D eigenvalue weighted by molar-refractivity contribution is 7.99. The van der Waals surface area contributed by atoms with Crippen LogP contribution >= 0.6 is 23.4 Å². The maximum atomic E-state index is 12.4. The van der Waals surface area contributed by atoms with Gasteiger partial charge in [-0.3, -0.25) is 14.3 Å². The maximum Gasteiger partial charge on any atom is 0.192 e. The summed E-state index contributed by atoms with van der Waals surface area (Å²) in [6.07, 6.45) is 3.42. The molecule has 3 aromatic rings. The van der Waals surface area contributed by atoms with E-state index in [1.165, 1.54) is 11.8 Å². The molecule has 0 aliphatic heterocycles. The molecule has 0 bridgehead atoms. The van der Waals surface area contributed by atoms with Crippen LogP contribution < -0.4 is 0 Å². The van der Waals surface area contributed by atoms with Crippen molar-refractivity contribution in [3.8, 4) is 11.4 Å². The number of halogens is 1. The molecule has 0 N–H and O–H groups in total. The molecule has 0 saturated carbocycles. The Hall–Kier alpha value is -2.22. The molecule has 0 amide bonds. The number of thioether (sulfide) groups is 1. The number of hydrogen-bond acceptors (Lipinski definition) is 6. The SMILES string of the molecule is COCCn1c(SCC(=O)c2ccc(Cl)cc2)nnc1-c1ccncc1. The minimum Gasteiger partial charge on any atom is -0.383 e. The largest absolute Gasteiger partial charge is 0.383 e. The van der Waals surface area contributed by atoms with Crippen molar-refractivity contribution < 1.29 is 9.53 Å². The Labute approximate surface area is 160 Å². The van der Waals surface area contributed by atoms with E-state index in [9.17, 15) is 4.79 Å². The Morgan fingerprint density at radius 3 is 2.58 bits per heavy atom. The van der Waals surface area contributed by atoms with Gasteiger partial charge in [-0.25, -0.2) is 0 Å². The second kappa shape index (κ2) is 8.93. The molecule has 0 aliphatic rings. The maximum absolute atomic E-state index is 12.4. The van der Waals surface area contributed by atoms with Crippen LogP contribution in [0, 0.1) is 0 Å². The quantitative estimate of drug-likeness (QED) is 0.433. The second-order valence-corrected chi connectivity index (χ2v) is 6.78. The highest BCUT2D eigenvalue weighted by atomic mass is 35.5. The molecule has 2 aromatic heterocycles. The van der Waals surface area contributed by atoms with Crippen molar-refractivity contribution in [2.45, 2.75) is 11.7 Å². The minimum atomic E-state index is 0.0124. The van der Waals surface area contributed by atoms with E-state index in [2.05, 4.69) is 15.2 Å². The van der Waals surface area contributed by atoms with E-state index in [0.717, 1.165) is 11.4 Å². The van der Waals surface area contributed by atoms with Gasteiger partial charge in [-0.2, -0.15) is 0 Å². The van der Waals surface area contributed by atoms with E-state index in [0.29, 0.717) is 28.9 Å². The Morgan fingerprint density at radius 2 is 1.88 bits per heavy atom. The van der Waals surface area contributed by atoms with Crippen LogP contribution in [0.4, 0.5) is 0 Å². The number of benzene rings is 1. The van der Waals surface area contributed by atoms with Crippen LogP contribution in [-0.2, 0) is 11.3 Å². The van der Waals surface area contributed by atoms with Crippen LogP contribution in [0.1, 0.15) is 10.4 Å². The Morgan fingerprint density at radius 1 is 1.15 bits per heavy atom. The van der Waals surface area contributed by atoms with E-state index in [-0.39, 0.29) is 11.5 Å². The van der Waals surface area contributed by atoms with Gasteiger partial charge in [0.15, 0.2) is 16.8 Å². The Balaban J connectivity index is 1.77. The zero-order chi connectivity index (χ0) is 18.4. The molecule has 0 radical (unpaired) electrons. The molecule has 0 saturated heterocycles. The van der Waals surface area contributed by atoms with Gasteiger partial charge in [0.1, 0.15) is 0 Å². The number of pyridine rings is 1. The van der Waals surface area contributed by atoms with Crippen molar-refractivity contribution in [1.82, 2.24) is 19.7 Å². The van der Waals surface area contributed by atoms with Crippen molar-refractivity contribution >= 4 is 29.1 Å². The summed E-state index contributed by atoms with van der Waals surface area (Å²) in [7, 11) is 1.65. The summed E-state index contributed by atoms with van der Waals surface area (Å²) in [5, 5.41) is 9.82. The van der Waals surface area contributed by atoms with Gasteiger partial charge in [0.25, 0.3) is 0 Å². The third-order valence-corrected chi connectivity index (χ3v) is 4.89. The van der Waals surface area contributed by atoms with Crippen molar-refractivity contribution in [3.05, 3.63) is 59.4 Å². The van der Waals surface area contributed by atoms with Gasteiger partial charge in [-0.05, 0) is 36.4 Å². The smallest absolute Gasteiger partial charge is 0.192 e. The van der Waals surface area contributed by atoms with Crippen LogP contribution in [0.5, 0.6) is 0 Å². The van der Waals surface area contributed by atoms with Crippen molar-refractivity contribution in [3.63, 3.8) is 0 Å². The first-order valence-electron chi connectivity index (χ1n) is 7.93. The van der Waals surface area contributed by atoms with Crippen LogP contribution in [0.2, 0.25) is 5.02 Å². The normalized spacial score (nSPS) is 10.8. The van der Waals surface area contributed by atoms with Crippen molar-refractivity contribution in [2.24, 2.45) is 0 Å². The molecule has 2 heterocycles. The van der Waals surface area contributed by atoms with E-state index >= 15 is 0 Å². The summed E-state index contributed by atoms with van der Waals surface area (Å²) in [4.78, 5) is 16.4. The minimum absolute atomic E-state index is 0.0124. The predicted molar refractivity (Wildman–Crippen MR) is 102 cm³/mol. The molecule has 0 atom stereocenters. The van der Waals surface area contributed by atoms with Gasteiger partial charge < -0.3 is 4.74 Å². The van der Waals surface area contributed by atoms with Gasteiger partial charge in [0.05, 0.1) is 18.9 Å². The summed E-state index contributed by atoms with van der Waals surface area (Å²) in [5.41, 5.74) is 1.54. The summed E-state index contributed by atoms with van der Waals surface area (Å²) in [6.45, 7) is 1.12. The van der Waals surface area contributed by atoms with Gasteiger partial charge in [0.2, 0.25) is 0 Å². The molecule has 26 heavy (non-hydrogen) atoms. The van der Waals surface area contributed by atoms with Crippen LogP contribution in [0.3, 0.4) is 0 Å². The second-order valence-electron chi connectivity index (χ2n) is 5.41. The molecule has 0 fully saturated rings. The van der Waals surface area contributed by atoms with E-state index < -0.39 is 0 Å². The number of carbonyl (C=O) groups is 1. The zero-order valence-corrected chi connectivity index (χ0v) is 15.7. The van der Waals surface area contributed by atoms with Gasteiger partial charge in [0, 0.05) is 35.7 Å². The van der Waals surface area contributed by atoms with Gasteiger partial charge >= 0.3 is 0 Å². The molecule has 8 heteroatoms. The van der Waals surface area contributed by atoms with Gasteiger partial charge in [-0.1, -0.05) is 23.4 Å². The summed E-state index contributed by atoms with van der Waals surface area (Å²) in [6, 6.07) is 10.6. The van der Waals surface area contributed by atoms with Crippen LogP contribution in [0.15, 0.2) is 53.9 Å². The van der Waals surface area contributed by atoms with Crippen molar-refractivity contribution in [1.29, 1.82) is 0 Å². The van der Waals surface area contributed by atoms with E-state index in [1.54, 1.807) is 43.8 Å². The lowest BCUT2D eigenvalue weighted by Crippen LogP contribution is -2.09. The number of hydrogen-bond donors (Lipinski definition) is 0. The molecule has 0 spiro atoms. The number of ketones is 1. The zero-order valence-electron chi connectivity index (χ0n) is 14.1. The number of ether oxygens (including phenoxy) is 1. The first-order chi connectivity index (χ1) is 12.7. The lowest BCUT2D eigenvalue weighted by Gasteiger charge is -2.09. The summed E-state index contributed by atoms with van der Waals surface area (Å²) < 4.78 is 7.15. The highest BCUT2D eigenvalue weighted by Gasteiger charge is 2.16. The molecule has 0 unspecified atom stereocenters. The number of rotatable bonds is 8. The molecule has 1 aromatic carbocycles. The molecular formula is C18H17ClN4O2S. The average Bonchev–Trinajstić information content (AvgIpc) is 3.08. The fourth-order valence-electron chi connectivity index (χ4n) is 2.34. The van der Waals surface area contributed by atoms with Crippen LogP contribution in [-0.4, -0.2) is 45.0 Å². The highest BCUT2D eigenvalue weighted by Crippen LogP contribution is 2.24. The molecule has 0 aliphatic carbocycles. The number of Topliss-reactive ketones (excluding diaryl/α,β-unsaturated/α-hetero) is 1. The number of carbonyl (C=O) groups excluding carboxylic acids is 1. The lowest BCUT2D eigenvalue weighted by molar-refractivity contribution is 0.102. The standard InChI is InChI=1S/C18H17ClN4O2S/c1-25-11-10-23-17(14-6-8-20-9-7-14)21-22-18(23)26-12-16(24)13-2-4-15(19)5-3-13/h2-9H,10-12H2,1H3. The molecule has 3 rings (SSSR count). The Kier molecular flexibility index (Phi) is 6.38. The molecular weight excluding hydrogens is 372 g/mol. The van der Waals surface area contributed by atoms with E-state index in [4.69, 9.17) is 16.3 Å². The first-order valence-corrected chi connectivity index (χ1v) is 9.29. The van der Waals surface area contributed by atoms with E-state index in [1.807, 2.05) is 16.7 Å². The Bertz CT molecular complexity index is 869. The topological polar surface area (TPSA) is 69.9 Å². The fraction of sp³-hybridized carbons (Fsp3) is 0.222. The third kappa shape index (κ3) is 4.49. The molecule has 134 valence electrons. The molecule has 6 nitrogen and oxygen atoms in total. The number of nitrogens with zero attached hydrogens (tertiary/aromatic N) is 4. The summed E-state index contributed by atoms with van der Waals surface area (Å²) >= 11 is 7.22. The van der Waals surface area contributed by atoms with Crippen molar-refractivity contribution in [2.75, 3.05) is 19.5 Å².